The fourth-order valence-corrected chi connectivity index (χ4v) is 3.27. The number of aromatic nitrogens is 1. The van der Waals surface area contributed by atoms with E-state index in [-0.39, 0.29) is 11.4 Å². The van der Waals surface area contributed by atoms with Crippen LogP contribution in [-0.4, -0.2) is 9.91 Å². The van der Waals surface area contributed by atoms with Crippen LogP contribution in [0.15, 0.2) is 40.3 Å². The zero-order chi connectivity index (χ0) is 19.0. The average molecular weight is 429 g/mol. The van der Waals surface area contributed by atoms with Gasteiger partial charge in [-0.2, -0.15) is 0 Å². The summed E-state index contributed by atoms with van der Waals surface area (Å²) < 4.78 is 21.0. The van der Waals surface area contributed by atoms with Crippen LogP contribution in [0.25, 0.3) is 10.2 Å². The Bertz CT molecular complexity index is 855. The highest BCUT2D eigenvalue weighted by Crippen LogP contribution is 2.37. The van der Waals surface area contributed by atoms with E-state index in [1.807, 2.05) is 33.8 Å². The molecule has 0 aliphatic rings. The summed E-state index contributed by atoms with van der Waals surface area (Å²) in [5.74, 6) is -0.411. The molecule has 0 amide bonds. The summed E-state index contributed by atoms with van der Waals surface area (Å²) in [6.07, 6.45) is 1.56. The highest BCUT2D eigenvalue weighted by Gasteiger charge is 2.14. The Morgan fingerprint density at radius 1 is 1.16 bits per heavy atom. The molecule has 25 heavy (non-hydrogen) atoms. The first-order chi connectivity index (χ1) is 12.0. The number of halogens is 2. The first-order valence-electron chi connectivity index (χ1n) is 7.70. The number of hydrogen-bond donors (Lipinski definition) is 0. The molecule has 0 unspecified atom stereocenters. The fraction of sp³-hybridized carbons (Fsp3) is 0.235. The van der Waals surface area contributed by atoms with Gasteiger partial charge in [0.15, 0.2) is 11.6 Å². The first kappa shape index (κ1) is 21.0. The molecule has 0 fully saturated rings. The Morgan fingerprint density at radius 3 is 2.44 bits per heavy atom. The number of pyridine rings is 1. The second-order valence-corrected chi connectivity index (χ2v) is 6.48. The van der Waals surface area contributed by atoms with Gasteiger partial charge in [0, 0.05) is 18.3 Å². The zero-order valence-corrected chi connectivity index (χ0v) is 16.6. The van der Waals surface area contributed by atoms with Crippen molar-refractivity contribution in [2.24, 2.45) is 0 Å². The van der Waals surface area contributed by atoms with Gasteiger partial charge >= 0.3 is 0 Å². The molecule has 0 atom stereocenters. The van der Waals surface area contributed by atoms with E-state index >= 15 is 0 Å². The number of nitro groups is 1. The number of thiophene rings is 1. The largest absolute Gasteiger partial charge is 0.453 e. The summed E-state index contributed by atoms with van der Waals surface area (Å²) in [6, 6.07) is 6.72. The Hall–Kier alpha value is -2.06. The Balaban J connectivity index is 0.000000730. The predicted octanol–water partition coefficient (Wildman–Crippen LogP) is 6.95. The van der Waals surface area contributed by atoms with Crippen molar-refractivity contribution in [3.8, 4) is 11.5 Å². The zero-order valence-electron chi connectivity index (χ0n) is 14.2. The van der Waals surface area contributed by atoms with E-state index in [4.69, 9.17) is 4.74 Å². The van der Waals surface area contributed by atoms with Crippen LogP contribution in [0.2, 0.25) is 0 Å². The fourth-order valence-electron chi connectivity index (χ4n) is 1.77. The maximum atomic E-state index is 13.9. The van der Waals surface area contributed by atoms with Crippen molar-refractivity contribution in [1.29, 1.82) is 0 Å². The van der Waals surface area contributed by atoms with Gasteiger partial charge in [0.2, 0.25) is 0 Å². The highest BCUT2D eigenvalue weighted by atomic mass is 79.9. The van der Waals surface area contributed by atoms with Gasteiger partial charge in [-0.05, 0) is 28.1 Å². The molecule has 0 radical (unpaired) electrons. The molecule has 2 aromatic heterocycles. The minimum absolute atomic E-state index is 0.0716. The molecular formula is C17H18BrFN2O3S. The lowest BCUT2D eigenvalue weighted by molar-refractivity contribution is -0.385. The summed E-state index contributed by atoms with van der Waals surface area (Å²) in [5, 5.41) is 10.6. The lowest BCUT2D eigenvalue weighted by Gasteiger charge is -2.07. The molecule has 5 nitrogen and oxygen atoms in total. The third kappa shape index (κ3) is 5.20. The molecule has 1 aromatic carbocycles. The van der Waals surface area contributed by atoms with Crippen LogP contribution in [0.4, 0.5) is 10.1 Å². The van der Waals surface area contributed by atoms with Crippen LogP contribution in [0, 0.1) is 15.9 Å². The molecule has 0 saturated carbocycles. The quantitative estimate of drug-likeness (QED) is 0.334. The summed E-state index contributed by atoms with van der Waals surface area (Å²) in [6.45, 7) is 8.00. The summed E-state index contributed by atoms with van der Waals surface area (Å²) in [7, 11) is 0. The minimum atomic E-state index is -0.787. The molecule has 3 aromatic rings. The van der Waals surface area contributed by atoms with Crippen molar-refractivity contribution in [3.05, 3.63) is 56.2 Å². The number of benzene rings is 1. The molecule has 0 N–H and O–H groups in total. The van der Waals surface area contributed by atoms with Gasteiger partial charge < -0.3 is 4.74 Å². The van der Waals surface area contributed by atoms with E-state index in [9.17, 15) is 14.5 Å². The molecule has 0 aliphatic carbocycles. The second kappa shape index (κ2) is 10.0. The normalized spacial score (nSPS) is 9.52. The SMILES string of the molecule is CC.CC.O=[N+]([O-])c1ccc(Oc2ccnc3cc(Br)sc23)c(F)c1. The van der Waals surface area contributed by atoms with Gasteiger partial charge in [0.1, 0.15) is 5.75 Å². The lowest BCUT2D eigenvalue weighted by atomic mass is 10.3. The topological polar surface area (TPSA) is 65.3 Å². The summed E-state index contributed by atoms with van der Waals surface area (Å²) >= 11 is 4.77. The molecular weight excluding hydrogens is 411 g/mol. The molecule has 134 valence electrons. The van der Waals surface area contributed by atoms with Crippen LogP contribution in [0.1, 0.15) is 27.7 Å². The number of ether oxygens (including phenoxy) is 1. The third-order valence-corrected chi connectivity index (χ3v) is 4.33. The van der Waals surface area contributed by atoms with Gasteiger partial charge in [-0.3, -0.25) is 15.1 Å². The number of nitro benzene ring substituents is 1. The van der Waals surface area contributed by atoms with Crippen molar-refractivity contribution in [3.63, 3.8) is 0 Å². The van der Waals surface area contributed by atoms with Gasteiger partial charge in [0.25, 0.3) is 5.69 Å². The molecule has 8 heteroatoms. The van der Waals surface area contributed by atoms with Crippen molar-refractivity contribution >= 4 is 43.2 Å². The number of rotatable bonds is 3. The van der Waals surface area contributed by atoms with Crippen LogP contribution < -0.4 is 4.74 Å². The van der Waals surface area contributed by atoms with E-state index in [0.717, 1.165) is 20.1 Å². The maximum Gasteiger partial charge on any atom is 0.272 e. The van der Waals surface area contributed by atoms with E-state index in [0.29, 0.717) is 5.75 Å². The van der Waals surface area contributed by atoms with Crippen LogP contribution in [0.5, 0.6) is 11.5 Å². The van der Waals surface area contributed by atoms with Crippen molar-refractivity contribution < 1.29 is 14.1 Å². The van der Waals surface area contributed by atoms with Gasteiger partial charge in [-0.25, -0.2) is 4.39 Å². The second-order valence-electron chi connectivity index (χ2n) is 4.05. The lowest BCUT2D eigenvalue weighted by Crippen LogP contribution is -1.92. The molecule has 2 heterocycles. The smallest absolute Gasteiger partial charge is 0.272 e. The van der Waals surface area contributed by atoms with Gasteiger partial charge in [0.05, 0.1) is 25.0 Å². The minimum Gasteiger partial charge on any atom is -0.453 e. The van der Waals surface area contributed by atoms with Crippen LogP contribution in [0.3, 0.4) is 0 Å². The van der Waals surface area contributed by atoms with E-state index in [1.165, 1.54) is 23.5 Å². The number of non-ortho nitro benzene ring substituents is 1. The van der Waals surface area contributed by atoms with Crippen molar-refractivity contribution in [2.45, 2.75) is 27.7 Å². The Labute approximate surface area is 157 Å². The molecule has 0 spiro atoms. The number of fused-ring (bicyclic) bond motifs is 1. The molecule has 0 saturated heterocycles. The molecule has 0 aliphatic heterocycles. The Morgan fingerprint density at radius 2 is 1.84 bits per heavy atom. The standard InChI is InChI=1S/C13H6BrFN2O3S.2C2H6/c14-12-6-9-13(21-12)11(3-4-16-9)20-10-2-1-7(17(18)19)5-8(10)15;2*1-2/h1-6H;2*1-2H3. The summed E-state index contributed by atoms with van der Waals surface area (Å²) in [5.41, 5.74) is 0.408. The first-order valence-corrected chi connectivity index (χ1v) is 9.31. The average Bonchev–Trinajstić information content (AvgIpc) is 3.01. The van der Waals surface area contributed by atoms with E-state index in [1.54, 1.807) is 12.3 Å². The van der Waals surface area contributed by atoms with Crippen molar-refractivity contribution in [1.82, 2.24) is 4.98 Å². The Kier molecular flexibility index (Phi) is 8.44. The number of hydrogen-bond acceptors (Lipinski definition) is 5. The number of nitrogens with zero attached hydrogens (tertiary/aromatic N) is 2. The summed E-state index contributed by atoms with van der Waals surface area (Å²) in [4.78, 5) is 14.1. The van der Waals surface area contributed by atoms with E-state index < -0.39 is 10.7 Å². The maximum absolute atomic E-state index is 13.9. The van der Waals surface area contributed by atoms with Gasteiger partial charge in [-0.15, -0.1) is 11.3 Å². The third-order valence-electron chi connectivity index (χ3n) is 2.69. The van der Waals surface area contributed by atoms with Crippen LogP contribution in [-0.2, 0) is 0 Å². The van der Waals surface area contributed by atoms with E-state index in [2.05, 4.69) is 20.9 Å². The predicted molar refractivity (Wildman–Crippen MR) is 103 cm³/mol. The van der Waals surface area contributed by atoms with Gasteiger partial charge in [-0.1, -0.05) is 27.7 Å². The van der Waals surface area contributed by atoms with Crippen molar-refractivity contribution in [2.75, 3.05) is 0 Å². The van der Waals surface area contributed by atoms with Crippen LogP contribution >= 0.6 is 27.3 Å². The molecule has 3 rings (SSSR count). The monoisotopic (exact) mass is 428 g/mol. The highest BCUT2D eigenvalue weighted by molar-refractivity contribution is 9.11. The molecule has 0 bridgehead atoms.